The molecule has 1 heterocycles. The zero-order valence-corrected chi connectivity index (χ0v) is 20.3. The fraction of sp³-hybridized carbons (Fsp3) is 0.214. The maximum absolute atomic E-state index is 13.0. The number of hydrogen-bond donors (Lipinski definition) is 3. The molecule has 4 aromatic rings. The third-order valence-electron chi connectivity index (χ3n) is 5.73. The lowest BCUT2D eigenvalue weighted by Crippen LogP contribution is -2.16. The van der Waals surface area contributed by atoms with E-state index in [9.17, 15) is 13.2 Å². The van der Waals surface area contributed by atoms with Gasteiger partial charge in [-0.1, -0.05) is 37.3 Å². The number of halogens is 3. The average molecular weight is 492 g/mol. The van der Waals surface area contributed by atoms with Crippen molar-refractivity contribution in [3.63, 3.8) is 0 Å². The van der Waals surface area contributed by atoms with Crippen molar-refractivity contribution < 1.29 is 13.2 Å². The molecule has 1 aromatic heterocycles. The van der Waals surface area contributed by atoms with E-state index in [1.54, 1.807) is 12.3 Å². The molecule has 8 heteroatoms. The largest absolute Gasteiger partial charge is 0.416 e. The van der Waals surface area contributed by atoms with Gasteiger partial charge in [0.25, 0.3) is 0 Å². The molecule has 0 aliphatic carbocycles. The van der Waals surface area contributed by atoms with Gasteiger partial charge < -0.3 is 16.0 Å². The Kier molecular flexibility index (Phi) is 7.43. The molecular weight excluding hydrogens is 463 g/mol. The molecule has 0 aliphatic heterocycles. The van der Waals surface area contributed by atoms with Gasteiger partial charge in [-0.2, -0.15) is 18.2 Å². The Labute approximate surface area is 208 Å². The fourth-order valence-electron chi connectivity index (χ4n) is 3.62. The quantitative estimate of drug-likeness (QED) is 0.232. The number of nitrogens with one attached hydrogen (secondary N) is 3. The van der Waals surface area contributed by atoms with Crippen molar-refractivity contribution >= 4 is 28.8 Å². The first-order valence-corrected chi connectivity index (χ1v) is 11.7. The third-order valence-corrected chi connectivity index (χ3v) is 5.73. The monoisotopic (exact) mass is 491 g/mol. The maximum atomic E-state index is 13.0. The first kappa shape index (κ1) is 25.0. The normalized spacial score (nSPS) is 12.2. The van der Waals surface area contributed by atoms with Crippen molar-refractivity contribution in [1.29, 1.82) is 0 Å². The lowest BCUT2D eigenvalue weighted by Gasteiger charge is -2.17. The number of anilines is 5. The van der Waals surface area contributed by atoms with Crippen molar-refractivity contribution in [1.82, 2.24) is 9.97 Å². The summed E-state index contributed by atoms with van der Waals surface area (Å²) in [5.41, 5.74) is 4.10. The molecule has 4 rings (SSSR count). The average Bonchev–Trinajstić information content (AvgIpc) is 2.84. The molecule has 5 nitrogen and oxygen atoms in total. The predicted molar refractivity (Wildman–Crippen MR) is 140 cm³/mol. The summed E-state index contributed by atoms with van der Waals surface area (Å²) in [6, 6.07) is 20.7. The van der Waals surface area contributed by atoms with Crippen molar-refractivity contribution in [2.75, 3.05) is 16.0 Å². The number of nitrogens with zero attached hydrogens (tertiary/aromatic N) is 2. The van der Waals surface area contributed by atoms with E-state index < -0.39 is 11.7 Å². The SMILES string of the molecule is CC[C@@H](C)Nc1nc(Nc2cccc(C)c2)ncc1-c1ccc(Nc2cccc(C(F)(F)F)c2)cc1. The summed E-state index contributed by atoms with van der Waals surface area (Å²) < 4.78 is 39.1. The number of aryl methyl sites for hydroxylation is 1. The van der Waals surface area contributed by atoms with Crippen molar-refractivity contribution in [3.05, 3.63) is 90.1 Å². The molecule has 0 radical (unpaired) electrons. The van der Waals surface area contributed by atoms with Crippen LogP contribution in [0.5, 0.6) is 0 Å². The van der Waals surface area contributed by atoms with Crippen molar-refractivity contribution in [2.24, 2.45) is 0 Å². The molecule has 0 amide bonds. The summed E-state index contributed by atoms with van der Waals surface area (Å²) >= 11 is 0. The van der Waals surface area contributed by atoms with E-state index in [0.717, 1.165) is 40.9 Å². The molecule has 0 bridgehead atoms. The topological polar surface area (TPSA) is 61.9 Å². The molecule has 36 heavy (non-hydrogen) atoms. The molecule has 0 saturated carbocycles. The molecule has 0 aliphatic rings. The van der Waals surface area contributed by atoms with E-state index in [-0.39, 0.29) is 6.04 Å². The Balaban J connectivity index is 1.58. The Morgan fingerprint density at radius 2 is 1.56 bits per heavy atom. The summed E-state index contributed by atoms with van der Waals surface area (Å²) in [6.07, 6.45) is -1.70. The smallest absolute Gasteiger partial charge is 0.367 e. The zero-order chi connectivity index (χ0) is 25.7. The highest BCUT2D eigenvalue weighted by Gasteiger charge is 2.30. The lowest BCUT2D eigenvalue weighted by molar-refractivity contribution is -0.137. The molecule has 0 spiro atoms. The van der Waals surface area contributed by atoms with E-state index in [4.69, 9.17) is 4.98 Å². The van der Waals surface area contributed by atoms with Gasteiger partial charge in [0.05, 0.1) is 5.56 Å². The highest BCUT2D eigenvalue weighted by atomic mass is 19.4. The summed E-state index contributed by atoms with van der Waals surface area (Å²) in [6.45, 7) is 6.21. The van der Waals surface area contributed by atoms with E-state index >= 15 is 0 Å². The van der Waals surface area contributed by atoms with Crippen LogP contribution in [-0.2, 0) is 6.18 Å². The lowest BCUT2D eigenvalue weighted by atomic mass is 10.1. The van der Waals surface area contributed by atoms with Gasteiger partial charge in [-0.25, -0.2) is 4.98 Å². The van der Waals surface area contributed by atoms with Crippen LogP contribution in [0.3, 0.4) is 0 Å². The van der Waals surface area contributed by atoms with E-state index in [1.165, 1.54) is 6.07 Å². The van der Waals surface area contributed by atoms with Gasteiger partial charge in [-0.05, 0) is 73.9 Å². The van der Waals surface area contributed by atoms with Crippen LogP contribution in [-0.4, -0.2) is 16.0 Å². The van der Waals surface area contributed by atoms with Gasteiger partial charge in [0.1, 0.15) is 5.82 Å². The van der Waals surface area contributed by atoms with Crippen molar-refractivity contribution in [3.8, 4) is 11.1 Å². The Morgan fingerprint density at radius 1 is 0.861 bits per heavy atom. The third kappa shape index (κ3) is 6.33. The van der Waals surface area contributed by atoms with Crippen LogP contribution in [0.25, 0.3) is 11.1 Å². The van der Waals surface area contributed by atoms with Crippen LogP contribution in [0, 0.1) is 6.92 Å². The summed E-state index contributed by atoms with van der Waals surface area (Å²) in [4.78, 5) is 9.24. The van der Waals surface area contributed by atoms with Gasteiger partial charge in [-0.15, -0.1) is 0 Å². The van der Waals surface area contributed by atoms with Gasteiger partial charge in [0.2, 0.25) is 5.95 Å². The fourth-order valence-corrected chi connectivity index (χ4v) is 3.62. The summed E-state index contributed by atoms with van der Waals surface area (Å²) in [5.74, 6) is 1.19. The van der Waals surface area contributed by atoms with E-state index in [2.05, 4.69) is 34.8 Å². The minimum absolute atomic E-state index is 0.201. The highest BCUT2D eigenvalue weighted by molar-refractivity contribution is 5.77. The van der Waals surface area contributed by atoms with Crippen LogP contribution < -0.4 is 16.0 Å². The van der Waals surface area contributed by atoms with Crippen LogP contribution in [0.15, 0.2) is 79.0 Å². The zero-order valence-electron chi connectivity index (χ0n) is 20.3. The first-order chi connectivity index (χ1) is 17.2. The van der Waals surface area contributed by atoms with Crippen LogP contribution in [0.1, 0.15) is 31.4 Å². The second-order valence-corrected chi connectivity index (χ2v) is 8.68. The van der Waals surface area contributed by atoms with Crippen LogP contribution in [0.2, 0.25) is 0 Å². The Bertz CT molecular complexity index is 1320. The van der Waals surface area contributed by atoms with Crippen LogP contribution >= 0.6 is 0 Å². The first-order valence-electron chi connectivity index (χ1n) is 11.7. The van der Waals surface area contributed by atoms with E-state index in [0.29, 0.717) is 23.1 Å². The van der Waals surface area contributed by atoms with Gasteiger partial charge in [-0.3, -0.25) is 0 Å². The minimum Gasteiger partial charge on any atom is -0.367 e. The molecular formula is C28H28F3N5. The second kappa shape index (κ2) is 10.7. The Morgan fingerprint density at radius 3 is 2.22 bits per heavy atom. The maximum Gasteiger partial charge on any atom is 0.416 e. The molecule has 3 N–H and O–H groups in total. The number of aromatic nitrogens is 2. The summed E-state index contributed by atoms with van der Waals surface area (Å²) in [7, 11) is 0. The molecule has 3 aromatic carbocycles. The minimum atomic E-state index is -4.39. The van der Waals surface area contributed by atoms with E-state index in [1.807, 2.05) is 55.5 Å². The highest BCUT2D eigenvalue weighted by Crippen LogP contribution is 2.33. The standard InChI is InChI=1S/C28H28F3N5/c1-4-19(3)33-26-25(17-32-27(36-26)35-23-9-5-7-18(2)15-23)20-11-13-22(14-12-20)34-24-10-6-8-21(16-24)28(29,30)31/h5-17,19,34H,4H2,1-3H3,(H2,32,33,35,36)/t19-/m1/s1. The van der Waals surface area contributed by atoms with Gasteiger partial charge in [0.15, 0.2) is 0 Å². The van der Waals surface area contributed by atoms with Gasteiger partial charge >= 0.3 is 6.18 Å². The molecule has 0 unspecified atom stereocenters. The number of alkyl halides is 3. The van der Waals surface area contributed by atoms with Crippen molar-refractivity contribution in [2.45, 2.75) is 39.4 Å². The second-order valence-electron chi connectivity index (χ2n) is 8.68. The molecule has 1 atom stereocenters. The number of rotatable bonds is 8. The predicted octanol–water partition coefficient (Wildman–Crippen LogP) is 8.17. The van der Waals surface area contributed by atoms with Crippen LogP contribution in [0.4, 0.5) is 42.0 Å². The number of benzene rings is 3. The summed E-state index contributed by atoms with van der Waals surface area (Å²) in [5, 5.41) is 9.75. The Hall–Kier alpha value is -4.07. The molecule has 0 saturated heterocycles. The molecule has 186 valence electrons. The molecule has 0 fully saturated rings. The number of hydrogen-bond acceptors (Lipinski definition) is 5. The van der Waals surface area contributed by atoms with Gasteiger partial charge in [0, 0.05) is 34.9 Å².